The Labute approximate surface area is 122 Å². The van der Waals surface area contributed by atoms with Gasteiger partial charge in [-0.1, -0.05) is 35.5 Å². The van der Waals surface area contributed by atoms with Gasteiger partial charge in [-0.3, -0.25) is 4.57 Å². The second-order valence-electron chi connectivity index (χ2n) is 5.04. The zero-order valence-electron chi connectivity index (χ0n) is 11.6. The molecule has 100 valence electrons. The highest BCUT2D eigenvalue weighted by Crippen LogP contribution is 2.33. The van der Waals surface area contributed by atoms with Crippen LogP contribution in [0.1, 0.15) is 11.3 Å². The molecule has 21 heavy (non-hydrogen) atoms. The van der Waals surface area contributed by atoms with Crippen molar-refractivity contribution in [3.05, 3.63) is 66.0 Å². The van der Waals surface area contributed by atoms with Crippen molar-refractivity contribution in [2.45, 2.75) is 0 Å². The van der Waals surface area contributed by atoms with Crippen molar-refractivity contribution in [3.8, 4) is 22.6 Å². The van der Waals surface area contributed by atoms with Crippen molar-refractivity contribution in [2.24, 2.45) is 7.05 Å². The van der Waals surface area contributed by atoms with Gasteiger partial charge in [0.2, 0.25) is 0 Å². The fourth-order valence-electron chi connectivity index (χ4n) is 2.62. The summed E-state index contributed by atoms with van der Waals surface area (Å²) in [6.45, 7) is 0. The van der Waals surface area contributed by atoms with E-state index < -0.39 is 0 Å². The summed E-state index contributed by atoms with van der Waals surface area (Å²) in [7, 11) is 2.03. The minimum atomic E-state index is 0.782. The molecule has 1 aromatic carbocycles. The molecule has 0 bridgehead atoms. The Kier molecular flexibility index (Phi) is 2.59. The van der Waals surface area contributed by atoms with Gasteiger partial charge in [-0.05, 0) is 0 Å². The van der Waals surface area contributed by atoms with Gasteiger partial charge in [0, 0.05) is 31.0 Å². The zero-order chi connectivity index (χ0) is 14.2. The van der Waals surface area contributed by atoms with E-state index in [2.05, 4.69) is 28.1 Å². The second kappa shape index (κ2) is 4.58. The Morgan fingerprint density at radius 3 is 2.90 bits per heavy atom. The number of rotatable bonds is 2. The van der Waals surface area contributed by atoms with Crippen molar-refractivity contribution < 1.29 is 4.52 Å². The molecule has 0 aliphatic heterocycles. The number of nitrogens with zero attached hydrogens (tertiary/aromatic N) is 2. The van der Waals surface area contributed by atoms with Gasteiger partial charge in [-0.25, -0.2) is 0 Å². The number of fused-ring (bicyclic) bond motifs is 1. The molecule has 0 fully saturated rings. The summed E-state index contributed by atoms with van der Waals surface area (Å²) in [5, 5.41) is 4.23. The van der Waals surface area contributed by atoms with Crippen molar-refractivity contribution in [2.75, 3.05) is 0 Å². The van der Waals surface area contributed by atoms with Crippen LogP contribution in [0.15, 0.2) is 53.2 Å². The molecule has 4 rings (SSSR count). The summed E-state index contributed by atoms with van der Waals surface area (Å²) in [5.41, 5.74) is 5.25. The molecule has 0 amide bonds. The molecule has 1 aliphatic rings. The van der Waals surface area contributed by atoms with Crippen LogP contribution in [0.4, 0.5) is 0 Å². The topological polar surface area (TPSA) is 31.0 Å². The predicted molar refractivity (Wildman–Crippen MR) is 83.1 cm³/mol. The third-order valence-corrected chi connectivity index (χ3v) is 3.68. The summed E-state index contributed by atoms with van der Waals surface area (Å²) < 4.78 is 7.58. The largest absolute Gasteiger partial charge is 0.356 e. The molecule has 1 aliphatic carbocycles. The van der Waals surface area contributed by atoms with Crippen LogP contribution in [0.25, 0.3) is 34.7 Å². The van der Waals surface area contributed by atoms with Gasteiger partial charge >= 0.3 is 0 Å². The van der Waals surface area contributed by atoms with Crippen LogP contribution in [0, 0.1) is 6.08 Å². The van der Waals surface area contributed by atoms with Crippen molar-refractivity contribution in [1.82, 2.24) is 9.72 Å². The molecule has 0 saturated heterocycles. The van der Waals surface area contributed by atoms with E-state index in [9.17, 15) is 0 Å². The molecular formula is C18H13N2O+. The molecule has 3 nitrogen and oxygen atoms in total. The summed E-state index contributed by atoms with van der Waals surface area (Å²) in [5.74, 6) is 0.782. The number of aromatic nitrogens is 2. The number of benzene rings is 1. The van der Waals surface area contributed by atoms with Gasteiger partial charge in [0.25, 0.3) is 0 Å². The van der Waals surface area contributed by atoms with Crippen molar-refractivity contribution in [1.29, 1.82) is 0 Å². The highest BCUT2D eigenvalue weighted by molar-refractivity contribution is 5.82. The molecule has 2 heterocycles. The standard InChI is InChI=1S/C18H13N2O/c1-20-12-15(14-9-5-6-10-17(14)20)16-11-18(21-19-16)13-7-3-2-4-8-13/h2-5,7-12H,1H3/q+1. The summed E-state index contributed by atoms with van der Waals surface area (Å²) in [6.07, 6.45) is 11.1. The molecule has 0 N–H and O–H groups in total. The van der Waals surface area contributed by atoms with Gasteiger partial charge in [0.1, 0.15) is 23.4 Å². The molecule has 3 heteroatoms. The number of hydrogen-bond acceptors (Lipinski definition) is 2. The average Bonchev–Trinajstić information content (AvgIpc) is 3.14. The lowest BCUT2D eigenvalue weighted by Crippen LogP contribution is -1.90. The molecule has 0 unspecified atom stereocenters. The third kappa shape index (κ3) is 1.92. The smallest absolute Gasteiger partial charge is 0.167 e. The van der Waals surface area contributed by atoms with Crippen LogP contribution in [-0.2, 0) is 7.05 Å². The van der Waals surface area contributed by atoms with Gasteiger partial charge < -0.3 is 4.52 Å². The molecule has 0 spiro atoms. The van der Waals surface area contributed by atoms with E-state index in [-0.39, 0.29) is 0 Å². The Hall–Kier alpha value is -2.90. The summed E-state index contributed by atoms with van der Waals surface area (Å²) >= 11 is 0. The first-order valence-electron chi connectivity index (χ1n) is 6.80. The predicted octanol–water partition coefficient (Wildman–Crippen LogP) is 4.19. The first-order valence-corrected chi connectivity index (χ1v) is 6.80. The fourth-order valence-corrected chi connectivity index (χ4v) is 2.62. The Morgan fingerprint density at radius 1 is 1.19 bits per heavy atom. The van der Waals surface area contributed by atoms with E-state index in [1.165, 1.54) is 0 Å². The summed E-state index contributed by atoms with van der Waals surface area (Å²) in [4.78, 5) is 0. The fraction of sp³-hybridized carbons (Fsp3) is 0.0556. The third-order valence-electron chi connectivity index (χ3n) is 3.68. The normalized spacial score (nSPS) is 12.2. The monoisotopic (exact) mass is 273 g/mol. The van der Waals surface area contributed by atoms with E-state index >= 15 is 0 Å². The van der Waals surface area contributed by atoms with Gasteiger partial charge in [-0.2, -0.15) is 0 Å². The Balaban J connectivity index is 1.81. The molecule has 0 saturated carbocycles. The maximum absolute atomic E-state index is 5.50. The van der Waals surface area contributed by atoms with E-state index in [1.807, 2.05) is 55.6 Å². The first-order chi connectivity index (χ1) is 10.3. The first kappa shape index (κ1) is 11.9. The maximum atomic E-state index is 5.50. The SMILES string of the molecule is Cn1cc(-c2cc(-c3ccccc3)on2)c2c1C=[C+]C=C2. The van der Waals surface area contributed by atoms with Crippen LogP contribution >= 0.6 is 0 Å². The lowest BCUT2D eigenvalue weighted by atomic mass is 10.0. The van der Waals surface area contributed by atoms with E-state index in [0.29, 0.717) is 0 Å². The van der Waals surface area contributed by atoms with Gasteiger partial charge in [0.05, 0.1) is 11.6 Å². The molecular weight excluding hydrogens is 260 g/mol. The van der Waals surface area contributed by atoms with E-state index in [1.54, 1.807) is 0 Å². The van der Waals surface area contributed by atoms with Crippen LogP contribution in [0.2, 0.25) is 0 Å². The van der Waals surface area contributed by atoms with Crippen LogP contribution < -0.4 is 0 Å². The summed E-state index contributed by atoms with van der Waals surface area (Å²) in [6, 6.07) is 12.0. The van der Waals surface area contributed by atoms with E-state index in [4.69, 9.17) is 4.52 Å². The number of aryl methyl sites for hydroxylation is 1. The Morgan fingerprint density at radius 2 is 2.05 bits per heavy atom. The average molecular weight is 273 g/mol. The molecule has 3 aromatic rings. The second-order valence-corrected chi connectivity index (χ2v) is 5.04. The number of hydrogen-bond donors (Lipinski definition) is 0. The lowest BCUT2D eigenvalue weighted by molar-refractivity contribution is 0.435. The van der Waals surface area contributed by atoms with Crippen molar-refractivity contribution in [3.63, 3.8) is 0 Å². The van der Waals surface area contributed by atoms with Gasteiger partial charge in [0.15, 0.2) is 11.5 Å². The highest BCUT2D eigenvalue weighted by atomic mass is 16.5. The molecule has 2 aromatic heterocycles. The van der Waals surface area contributed by atoms with Crippen LogP contribution in [0.5, 0.6) is 0 Å². The van der Waals surface area contributed by atoms with Crippen LogP contribution in [-0.4, -0.2) is 9.72 Å². The highest BCUT2D eigenvalue weighted by Gasteiger charge is 2.22. The molecule has 0 radical (unpaired) electrons. The quantitative estimate of drug-likeness (QED) is 0.655. The minimum Gasteiger partial charge on any atom is -0.356 e. The van der Waals surface area contributed by atoms with Gasteiger partial charge in [-0.15, -0.1) is 0 Å². The zero-order valence-corrected chi connectivity index (χ0v) is 11.6. The Bertz CT molecular complexity index is 851. The van der Waals surface area contributed by atoms with Crippen LogP contribution in [0.3, 0.4) is 0 Å². The minimum absolute atomic E-state index is 0.782. The van der Waals surface area contributed by atoms with Crippen molar-refractivity contribution >= 4 is 12.2 Å². The maximum Gasteiger partial charge on any atom is 0.167 e. The molecule has 0 atom stereocenters. The van der Waals surface area contributed by atoms with E-state index in [0.717, 1.165) is 33.8 Å². The lowest BCUT2D eigenvalue weighted by Gasteiger charge is -1.93. The number of allylic oxidation sites excluding steroid dienone is 2.